The first-order valence-corrected chi connectivity index (χ1v) is 7.45. The van der Waals surface area contributed by atoms with Crippen LogP contribution in [0.5, 0.6) is 0 Å². The van der Waals surface area contributed by atoms with E-state index < -0.39 is 0 Å². The molecule has 0 saturated carbocycles. The summed E-state index contributed by atoms with van der Waals surface area (Å²) in [7, 11) is 0. The molecule has 1 aromatic heterocycles. The lowest BCUT2D eigenvalue weighted by Gasteiger charge is -2.10. The van der Waals surface area contributed by atoms with E-state index in [2.05, 4.69) is 17.2 Å². The fourth-order valence-electron chi connectivity index (χ4n) is 1.69. The summed E-state index contributed by atoms with van der Waals surface area (Å²) in [6.07, 6.45) is 0.949. The van der Waals surface area contributed by atoms with Crippen molar-refractivity contribution in [1.82, 2.24) is 10.3 Å². The normalized spacial score (nSPS) is 12.3. The molecule has 1 aromatic carbocycles. The van der Waals surface area contributed by atoms with Gasteiger partial charge in [0.25, 0.3) is 0 Å². The van der Waals surface area contributed by atoms with Crippen molar-refractivity contribution in [1.29, 1.82) is 0 Å². The molecular weight excluding hydrogens is 256 g/mol. The maximum absolute atomic E-state index is 11.7. The van der Waals surface area contributed by atoms with E-state index in [9.17, 15) is 4.79 Å². The van der Waals surface area contributed by atoms with Gasteiger partial charge in [-0.3, -0.25) is 4.79 Å². The molecule has 0 fully saturated rings. The zero-order valence-corrected chi connectivity index (χ0v) is 12.0. The van der Waals surface area contributed by atoms with E-state index in [1.165, 1.54) is 11.8 Å². The molecule has 1 amide bonds. The van der Waals surface area contributed by atoms with Gasteiger partial charge in [-0.25, -0.2) is 4.98 Å². The minimum atomic E-state index is 0.0642. The molecule has 0 bridgehead atoms. The topological polar surface area (TPSA) is 42.0 Å². The molecule has 1 N–H and O–H groups in total. The Morgan fingerprint density at radius 2 is 2.11 bits per heavy atom. The predicted molar refractivity (Wildman–Crippen MR) is 80.4 cm³/mol. The van der Waals surface area contributed by atoms with Crippen molar-refractivity contribution in [2.24, 2.45) is 0 Å². The number of carbonyl (C=O) groups is 1. The van der Waals surface area contributed by atoms with Gasteiger partial charge in [0, 0.05) is 11.4 Å². The van der Waals surface area contributed by atoms with Crippen LogP contribution >= 0.6 is 11.8 Å². The smallest absolute Gasteiger partial charge is 0.230 e. The van der Waals surface area contributed by atoms with E-state index in [4.69, 9.17) is 0 Å². The van der Waals surface area contributed by atoms with E-state index in [1.54, 1.807) is 0 Å². The first-order chi connectivity index (χ1) is 9.19. The van der Waals surface area contributed by atoms with Crippen molar-refractivity contribution in [2.75, 3.05) is 5.75 Å². The third-order valence-electron chi connectivity index (χ3n) is 2.94. The average Bonchev–Trinajstić information content (AvgIpc) is 2.44. The monoisotopic (exact) mass is 274 g/mol. The van der Waals surface area contributed by atoms with E-state index in [0.29, 0.717) is 5.75 Å². The van der Waals surface area contributed by atoms with Crippen LogP contribution in [-0.4, -0.2) is 22.7 Å². The van der Waals surface area contributed by atoms with Crippen LogP contribution in [0.3, 0.4) is 0 Å². The number of aromatic nitrogens is 1. The van der Waals surface area contributed by atoms with Crippen molar-refractivity contribution in [3.8, 4) is 0 Å². The molecule has 2 aromatic rings. The van der Waals surface area contributed by atoms with Crippen molar-refractivity contribution >= 4 is 28.6 Å². The van der Waals surface area contributed by atoms with Crippen LogP contribution in [0.25, 0.3) is 10.9 Å². The summed E-state index contributed by atoms with van der Waals surface area (Å²) in [5.74, 6) is 0.477. The highest BCUT2D eigenvalue weighted by molar-refractivity contribution is 7.99. The zero-order valence-electron chi connectivity index (χ0n) is 11.2. The van der Waals surface area contributed by atoms with Gasteiger partial charge in [0.15, 0.2) is 0 Å². The molecule has 0 unspecified atom stereocenters. The SMILES string of the molecule is CC[C@@H](C)NC(=O)CSc1ccc2ccccc2n1. The summed E-state index contributed by atoms with van der Waals surface area (Å²) in [4.78, 5) is 16.2. The molecule has 0 saturated heterocycles. The summed E-state index contributed by atoms with van der Waals surface area (Å²) >= 11 is 1.47. The second-order valence-corrected chi connectivity index (χ2v) is 5.50. The largest absolute Gasteiger partial charge is 0.353 e. The number of hydrogen-bond donors (Lipinski definition) is 1. The number of amides is 1. The minimum absolute atomic E-state index is 0.0642. The second-order valence-electron chi connectivity index (χ2n) is 4.51. The summed E-state index contributed by atoms with van der Waals surface area (Å²) in [6.45, 7) is 4.07. The van der Waals surface area contributed by atoms with Gasteiger partial charge in [-0.05, 0) is 25.5 Å². The standard InChI is InChI=1S/C15H18N2OS/c1-3-11(2)16-14(18)10-19-15-9-8-12-6-4-5-7-13(12)17-15/h4-9,11H,3,10H2,1-2H3,(H,16,18)/t11-/m1/s1. The number of para-hydroxylation sites is 1. The molecule has 3 nitrogen and oxygen atoms in total. The third-order valence-corrected chi connectivity index (χ3v) is 3.87. The van der Waals surface area contributed by atoms with Crippen LogP contribution in [0.2, 0.25) is 0 Å². The van der Waals surface area contributed by atoms with E-state index in [0.717, 1.165) is 22.3 Å². The highest BCUT2D eigenvalue weighted by Crippen LogP contribution is 2.19. The molecule has 0 aliphatic carbocycles. The zero-order chi connectivity index (χ0) is 13.7. The van der Waals surface area contributed by atoms with Crippen LogP contribution in [-0.2, 0) is 4.79 Å². The molecule has 1 atom stereocenters. The Bertz CT molecular complexity index is 571. The number of fused-ring (bicyclic) bond motifs is 1. The van der Waals surface area contributed by atoms with E-state index in [-0.39, 0.29) is 11.9 Å². The van der Waals surface area contributed by atoms with Gasteiger partial charge < -0.3 is 5.32 Å². The van der Waals surface area contributed by atoms with Crippen LogP contribution in [0.1, 0.15) is 20.3 Å². The lowest BCUT2D eigenvalue weighted by Crippen LogP contribution is -2.33. The van der Waals surface area contributed by atoms with Crippen LogP contribution in [0.15, 0.2) is 41.4 Å². The summed E-state index contributed by atoms with van der Waals surface area (Å²) in [6, 6.07) is 12.2. The Morgan fingerprint density at radius 1 is 1.32 bits per heavy atom. The molecule has 0 radical (unpaired) electrons. The van der Waals surface area contributed by atoms with Crippen molar-refractivity contribution in [3.63, 3.8) is 0 Å². The Labute approximate surface area is 117 Å². The molecule has 0 aliphatic rings. The summed E-state index contributed by atoms with van der Waals surface area (Å²) < 4.78 is 0. The van der Waals surface area contributed by atoms with E-state index in [1.807, 2.05) is 43.3 Å². The van der Waals surface area contributed by atoms with Crippen LogP contribution in [0.4, 0.5) is 0 Å². The Hall–Kier alpha value is -1.55. The fraction of sp³-hybridized carbons (Fsp3) is 0.333. The Balaban J connectivity index is 1.96. The molecule has 4 heteroatoms. The predicted octanol–water partition coefficient (Wildman–Crippen LogP) is 3.24. The van der Waals surface area contributed by atoms with E-state index >= 15 is 0 Å². The number of rotatable bonds is 5. The summed E-state index contributed by atoms with van der Waals surface area (Å²) in [5.41, 5.74) is 0.967. The molecule has 1 heterocycles. The maximum atomic E-state index is 11.7. The van der Waals surface area contributed by atoms with Gasteiger partial charge in [0.1, 0.15) is 0 Å². The average molecular weight is 274 g/mol. The number of benzene rings is 1. The first-order valence-electron chi connectivity index (χ1n) is 6.47. The number of nitrogens with one attached hydrogen (secondary N) is 1. The minimum Gasteiger partial charge on any atom is -0.353 e. The third kappa shape index (κ3) is 3.96. The lowest BCUT2D eigenvalue weighted by atomic mass is 10.2. The molecule has 0 spiro atoms. The number of pyridine rings is 1. The van der Waals surface area contributed by atoms with Crippen molar-refractivity contribution in [3.05, 3.63) is 36.4 Å². The van der Waals surface area contributed by atoms with Gasteiger partial charge >= 0.3 is 0 Å². The molecule has 19 heavy (non-hydrogen) atoms. The van der Waals surface area contributed by atoms with Gasteiger partial charge in [0.05, 0.1) is 16.3 Å². The number of hydrogen-bond acceptors (Lipinski definition) is 3. The summed E-state index contributed by atoms with van der Waals surface area (Å²) in [5, 5.41) is 4.96. The lowest BCUT2D eigenvalue weighted by molar-refractivity contribution is -0.119. The maximum Gasteiger partial charge on any atom is 0.230 e. The fourth-order valence-corrected chi connectivity index (χ4v) is 2.38. The van der Waals surface area contributed by atoms with Gasteiger partial charge in [0.2, 0.25) is 5.91 Å². The molecular formula is C15H18N2OS. The quantitative estimate of drug-likeness (QED) is 0.851. The highest BCUT2D eigenvalue weighted by Gasteiger charge is 2.07. The van der Waals surface area contributed by atoms with Gasteiger partial charge in [-0.15, -0.1) is 0 Å². The van der Waals surface area contributed by atoms with Crippen LogP contribution < -0.4 is 5.32 Å². The Morgan fingerprint density at radius 3 is 2.89 bits per heavy atom. The van der Waals surface area contributed by atoms with Gasteiger partial charge in [-0.1, -0.05) is 43.0 Å². The molecule has 2 rings (SSSR count). The Kier molecular flexibility index (Phi) is 4.80. The van der Waals surface area contributed by atoms with Crippen LogP contribution in [0, 0.1) is 0 Å². The van der Waals surface area contributed by atoms with Crippen molar-refractivity contribution < 1.29 is 4.79 Å². The number of nitrogens with zero attached hydrogens (tertiary/aromatic N) is 1. The number of carbonyl (C=O) groups excluding carboxylic acids is 1. The second kappa shape index (κ2) is 6.57. The van der Waals surface area contributed by atoms with Crippen molar-refractivity contribution in [2.45, 2.75) is 31.3 Å². The van der Waals surface area contributed by atoms with Gasteiger partial charge in [-0.2, -0.15) is 0 Å². The first kappa shape index (κ1) is 13.9. The molecule has 100 valence electrons. The number of thioether (sulfide) groups is 1. The highest BCUT2D eigenvalue weighted by atomic mass is 32.2. The molecule has 0 aliphatic heterocycles.